The SMILES string of the molecule is CCCC(NC)C(=O)C(=O)NCC(=O)NC(CCCCN)C(=O)OC. The molecule has 0 rings (SSSR count). The third-order valence-electron chi connectivity index (χ3n) is 3.64. The molecule has 0 aromatic carbocycles. The molecule has 0 heterocycles. The summed E-state index contributed by atoms with van der Waals surface area (Å²) in [5.41, 5.74) is 5.40. The minimum Gasteiger partial charge on any atom is -0.467 e. The van der Waals surface area contributed by atoms with Gasteiger partial charge in [0.2, 0.25) is 11.7 Å². The van der Waals surface area contributed by atoms with Crippen molar-refractivity contribution in [3.63, 3.8) is 0 Å². The molecule has 0 bridgehead atoms. The van der Waals surface area contributed by atoms with Gasteiger partial charge in [0.15, 0.2) is 0 Å². The first kappa shape index (κ1) is 23.0. The Morgan fingerprint density at radius 1 is 1.08 bits per heavy atom. The van der Waals surface area contributed by atoms with Crippen molar-refractivity contribution in [2.45, 2.75) is 51.1 Å². The molecule has 0 aliphatic rings. The first-order valence-corrected chi connectivity index (χ1v) is 8.47. The van der Waals surface area contributed by atoms with Gasteiger partial charge in [0.05, 0.1) is 19.7 Å². The van der Waals surface area contributed by atoms with Gasteiger partial charge >= 0.3 is 5.97 Å². The zero-order valence-corrected chi connectivity index (χ0v) is 15.2. The summed E-state index contributed by atoms with van der Waals surface area (Å²) in [7, 11) is 2.83. The highest BCUT2D eigenvalue weighted by molar-refractivity contribution is 6.38. The van der Waals surface area contributed by atoms with Crippen molar-refractivity contribution in [2.75, 3.05) is 27.2 Å². The summed E-state index contributed by atoms with van der Waals surface area (Å²) in [5.74, 6) is -2.59. The maximum absolute atomic E-state index is 11.9. The van der Waals surface area contributed by atoms with E-state index in [2.05, 4.69) is 20.7 Å². The lowest BCUT2D eigenvalue weighted by molar-refractivity contribution is -0.145. The second-order valence-electron chi connectivity index (χ2n) is 5.60. The van der Waals surface area contributed by atoms with Crippen LogP contribution in [-0.2, 0) is 23.9 Å². The predicted octanol–water partition coefficient (Wildman–Crippen LogP) is -1.15. The molecule has 0 saturated carbocycles. The van der Waals surface area contributed by atoms with Crippen LogP contribution in [0.1, 0.15) is 39.0 Å². The number of hydrogen-bond acceptors (Lipinski definition) is 7. The van der Waals surface area contributed by atoms with Crippen molar-refractivity contribution in [3.05, 3.63) is 0 Å². The number of hydrogen-bond donors (Lipinski definition) is 4. The topological polar surface area (TPSA) is 140 Å². The highest BCUT2D eigenvalue weighted by Crippen LogP contribution is 2.02. The number of amides is 2. The summed E-state index contributed by atoms with van der Waals surface area (Å²) in [6.45, 7) is 2.00. The van der Waals surface area contributed by atoms with E-state index in [-0.39, 0.29) is 0 Å². The predicted molar refractivity (Wildman–Crippen MR) is 92.6 cm³/mol. The van der Waals surface area contributed by atoms with Gasteiger partial charge in [0, 0.05) is 0 Å². The van der Waals surface area contributed by atoms with Crippen LogP contribution in [-0.4, -0.2) is 62.9 Å². The van der Waals surface area contributed by atoms with Gasteiger partial charge in [-0.3, -0.25) is 14.4 Å². The molecule has 25 heavy (non-hydrogen) atoms. The molecule has 2 atom stereocenters. The van der Waals surface area contributed by atoms with E-state index in [1.54, 1.807) is 7.05 Å². The van der Waals surface area contributed by atoms with Crippen LogP contribution < -0.4 is 21.7 Å². The number of ether oxygens (including phenoxy) is 1. The van der Waals surface area contributed by atoms with E-state index in [0.29, 0.717) is 25.8 Å². The highest BCUT2D eigenvalue weighted by Gasteiger charge is 2.25. The molecule has 0 fully saturated rings. The van der Waals surface area contributed by atoms with E-state index in [1.165, 1.54) is 7.11 Å². The van der Waals surface area contributed by atoms with E-state index >= 15 is 0 Å². The zero-order chi connectivity index (χ0) is 19.2. The number of Topliss-reactive ketones (excluding diaryl/α,β-unsaturated/α-hetero) is 1. The molecule has 9 nitrogen and oxygen atoms in total. The van der Waals surface area contributed by atoms with Gasteiger partial charge in [-0.05, 0) is 39.3 Å². The lowest BCUT2D eigenvalue weighted by Crippen LogP contribution is -2.49. The second kappa shape index (κ2) is 13.3. The molecule has 2 unspecified atom stereocenters. The van der Waals surface area contributed by atoms with Gasteiger partial charge in [-0.15, -0.1) is 0 Å². The molecule has 2 amide bonds. The van der Waals surface area contributed by atoms with Gasteiger partial charge in [-0.2, -0.15) is 0 Å². The van der Waals surface area contributed by atoms with Gasteiger partial charge in [0.25, 0.3) is 5.91 Å². The normalized spacial score (nSPS) is 12.8. The molecular weight excluding hydrogens is 328 g/mol. The van der Waals surface area contributed by atoms with Crippen LogP contribution in [0.3, 0.4) is 0 Å². The minimum absolute atomic E-state index is 0.390. The number of carbonyl (C=O) groups is 4. The Labute approximate surface area is 148 Å². The molecule has 144 valence electrons. The second-order valence-corrected chi connectivity index (χ2v) is 5.60. The number of carbonyl (C=O) groups excluding carboxylic acids is 4. The number of esters is 1. The Hall–Kier alpha value is -2.00. The number of nitrogens with one attached hydrogen (secondary N) is 3. The van der Waals surface area contributed by atoms with Crippen LogP contribution >= 0.6 is 0 Å². The Balaban J connectivity index is 4.47. The van der Waals surface area contributed by atoms with Crippen LogP contribution in [0.25, 0.3) is 0 Å². The molecule has 9 heteroatoms. The fourth-order valence-electron chi connectivity index (χ4n) is 2.23. The summed E-state index contributed by atoms with van der Waals surface area (Å²) in [6.07, 6.45) is 3.04. The van der Waals surface area contributed by atoms with Crippen LogP contribution in [0.5, 0.6) is 0 Å². The fourth-order valence-corrected chi connectivity index (χ4v) is 2.23. The van der Waals surface area contributed by atoms with E-state index < -0.39 is 42.2 Å². The quantitative estimate of drug-likeness (QED) is 0.185. The highest BCUT2D eigenvalue weighted by atomic mass is 16.5. The summed E-state index contributed by atoms with van der Waals surface area (Å²) < 4.78 is 4.65. The lowest BCUT2D eigenvalue weighted by atomic mass is 10.1. The van der Waals surface area contributed by atoms with Gasteiger partial charge < -0.3 is 26.4 Å². The third kappa shape index (κ3) is 9.16. The van der Waals surface area contributed by atoms with Gasteiger partial charge in [-0.25, -0.2) is 4.79 Å². The molecule has 0 aliphatic carbocycles. The van der Waals surface area contributed by atoms with Crippen molar-refractivity contribution < 1.29 is 23.9 Å². The number of nitrogens with two attached hydrogens (primary N) is 1. The molecule has 0 aromatic rings. The summed E-state index contributed by atoms with van der Waals surface area (Å²) in [4.78, 5) is 47.3. The Morgan fingerprint density at radius 3 is 2.28 bits per heavy atom. The minimum atomic E-state index is -0.833. The summed E-state index contributed by atoms with van der Waals surface area (Å²) in [6, 6.07) is -1.38. The Morgan fingerprint density at radius 2 is 1.76 bits per heavy atom. The largest absolute Gasteiger partial charge is 0.467 e. The Kier molecular flexibility index (Phi) is 12.2. The molecule has 0 aromatic heterocycles. The lowest BCUT2D eigenvalue weighted by Gasteiger charge is -2.17. The van der Waals surface area contributed by atoms with Crippen LogP contribution in [0.2, 0.25) is 0 Å². The van der Waals surface area contributed by atoms with Gasteiger partial charge in [-0.1, -0.05) is 13.3 Å². The van der Waals surface area contributed by atoms with Crippen molar-refractivity contribution in [1.82, 2.24) is 16.0 Å². The number of likely N-dealkylation sites (N-methyl/N-ethyl adjacent to an activating group) is 1. The molecule has 0 radical (unpaired) electrons. The average molecular weight is 358 g/mol. The zero-order valence-electron chi connectivity index (χ0n) is 15.2. The molecule has 0 spiro atoms. The van der Waals surface area contributed by atoms with E-state index in [1.807, 2.05) is 6.92 Å². The van der Waals surface area contributed by atoms with Gasteiger partial charge in [0.1, 0.15) is 6.04 Å². The number of methoxy groups -OCH3 is 1. The summed E-state index contributed by atoms with van der Waals surface area (Å²) in [5, 5.41) is 7.54. The number of rotatable bonds is 13. The maximum Gasteiger partial charge on any atom is 0.328 e. The van der Waals surface area contributed by atoms with Crippen molar-refractivity contribution >= 4 is 23.6 Å². The standard InChI is InChI=1S/C16H30N4O5/c1-4-7-11(18-2)14(22)15(23)19-10-13(21)20-12(16(24)25-3)8-5-6-9-17/h11-12,18H,4-10,17H2,1-3H3,(H,19,23)(H,20,21). The van der Waals surface area contributed by atoms with Crippen LogP contribution in [0.15, 0.2) is 0 Å². The molecule has 0 aliphatic heterocycles. The Bertz CT molecular complexity index is 456. The van der Waals surface area contributed by atoms with Crippen molar-refractivity contribution in [1.29, 1.82) is 0 Å². The van der Waals surface area contributed by atoms with E-state index in [4.69, 9.17) is 5.73 Å². The van der Waals surface area contributed by atoms with E-state index in [0.717, 1.165) is 12.8 Å². The first-order chi connectivity index (χ1) is 11.9. The molecular formula is C16H30N4O5. The summed E-state index contributed by atoms with van der Waals surface area (Å²) >= 11 is 0. The number of unbranched alkanes of at least 4 members (excludes halogenated alkanes) is 1. The first-order valence-electron chi connectivity index (χ1n) is 8.47. The third-order valence-corrected chi connectivity index (χ3v) is 3.64. The average Bonchev–Trinajstić information content (AvgIpc) is 2.62. The smallest absolute Gasteiger partial charge is 0.328 e. The van der Waals surface area contributed by atoms with E-state index in [9.17, 15) is 19.2 Å². The van der Waals surface area contributed by atoms with Crippen molar-refractivity contribution in [3.8, 4) is 0 Å². The molecule has 0 saturated heterocycles. The monoisotopic (exact) mass is 358 g/mol. The van der Waals surface area contributed by atoms with Crippen LogP contribution in [0.4, 0.5) is 0 Å². The molecule has 5 N–H and O–H groups in total. The van der Waals surface area contributed by atoms with Crippen molar-refractivity contribution in [2.24, 2.45) is 5.73 Å². The maximum atomic E-state index is 11.9. The van der Waals surface area contributed by atoms with Crippen LogP contribution in [0, 0.1) is 0 Å². The fraction of sp³-hybridized carbons (Fsp3) is 0.750. The number of ketones is 1.